The molecule has 1 fully saturated rings. The lowest BCUT2D eigenvalue weighted by molar-refractivity contribution is -0.126. The number of aryl methyl sites for hydroxylation is 1. The van der Waals surface area contributed by atoms with Gasteiger partial charge in [0, 0.05) is 19.6 Å². The summed E-state index contributed by atoms with van der Waals surface area (Å²) in [6, 6.07) is 5.08. The molecule has 6 heteroatoms. The third-order valence-electron chi connectivity index (χ3n) is 4.72. The van der Waals surface area contributed by atoms with E-state index >= 15 is 0 Å². The highest BCUT2D eigenvalue weighted by Gasteiger charge is 2.26. The lowest BCUT2D eigenvalue weighted by atomic mass is 9.97. The zero-order chi connectivity index (χ0) is 17.1. The fourth-order valence-corrected chi connectivity index (χ4v) is 3.57. The highest BCUT2D eigenvalue weighted by Crippen LogP contribution is 2.23. The number of halogens is 1. The molecule has 1 saturated heterocycles. The first kappa shape index (κ1) is 16.9. The van der Waals surface area contributed by atoms with Crippen molar-refractivity contribution < 1.29 is 9.18 Å². The smallest absolute Gasteiger partial charge is 0.224 e. The Morgan fingerprint density at radius 2 is 2.25 bits per heavy atom. The summed E-state index contributed by atoms with van der Waals surface area (Å²) in [5.74, 6) is 0.765. The number of hydrogen-bond donors (Lipinski definition) is 1. The predicted octanol–water partition coefficient (Wildman–Crippen LogP) is 2.54. The van der Waals surface area contributed by atoms with Crippen molar-refractivity contribution in [1.29, 1.82) is 0 Å². The van der Waals surface area contributed by atoms with E-state index in [0.717, 1.165) is 43.8 Å². The molecule has 0 radical (unpaired) electrons. The van der Waals surface area contributed by atoms with Gasteiger partial charge in [0.15, 0.2) is 5.82 Å². The van der Waals surface area contributed by atoms with Gasteiger partial charge in [0.25, 0.3) is 0 Å². The number of likely N-dealkylation sites (tertiary alicyclic amines) is 1. The first-order valence-corrected chi connectivity index (χ1v) is 8.77. The van der Waals surface area contributed by atoms with Crippen LogP contribution in [0, 0.1) is 11.7 Å². The van der Waals surface area contributed by atoms with Gasteiger partial charge in [0.05, 0.1) is 18.0 Å². The molecule has 1 aromatic heterocycles. The van der Waals surface area contributed by atoms with Crippen LogP contribution in [0.3, 0.4) is 0 Å². The molecule has 1 N–H and O–H groups in total. The van der Waals surface area contributed by atoms with Crippen LogP contribution in [0.25, 0.3) is 11.0 Å². The van der Waals surface area contributed by atoms with Gasteiger partial charge in [-0.3, -0.25) is 9.69 Å². The summed E-state index contributed by atoms with van der Waals surface area (Å²) in [7, 11) is 0. The topological polar surface area (TPSA) is 50.2 Å². The van der Waals surface area contributed by atoms with Crippen LogP contribution in [0.2, 0.25) is 0 Å². The fraction of sp³-hybridized carbons (Fsp3) is 0.556. The van der Waals surface area contributed by atoms with Crippen LogP contribution in [0.1, 0.15) is 32.5 Å². The Kier molecular flexibility index (Phi) is 5.14. The molecule has 24 heavy (non-hydrogen) atoms. The van der Waals surface area contributed by atoms with E-state index in [4.69, 9.17) is 0 Å². The summed E-state index contributed by atoms with van der Waals surface area (Å²) < 4.78 is 16.1. The number of carbonyl (C=O) groups excluding carboxylic acids is 1. The van der Waals surface area contributed by atoms with Crippen LogP contribution >= 0.6 is 0 Å². The largest absolute Gasteiger partial charge is 0.356 e. The lowest BCUT2D eigenvalue weighted by Gasteiger charge is -2.31. The molecule has 3 rings (SSSR count). The molecule has 0 saturated carbocycles. The Morgan fingerprint density at radius 1 is 1.42 bits per heavy atom. The number of hydrogen-bond acceptors (Lipinski definition) is 3. The molecule has 2 aromatic rings. The molecule has 0 unspecified atom stereocenters. The van der Waals surface area contributed by atoms with Crippen molar-refractivity contribution >= 4 is 16.9 Å². The Balaban J connectivity index is 1.79. The van der Waals surface area contributed by atoms with Crippen molar-refractivity contribution in [3.63, 3.8) is 0 Å². The number of aromatic nitrogens is 2. The second kappa shape index (κ2) is 7.30. The number of rotatable bonds is 5. The molecule has 5 nitrogen and oxygen atoms in total. The summed E-state index contributed by atoms with van der Waals surface area (Å²) in [5, 5.41) is 2.92. The van der Waals surface area contributed by atoms with Crippen LogP contribution < -0.4 is 5.32 Å². The maximum atomic E-state index is 14.0. The number of amides is 1. The molecule has 1 amide bonds. The summed E-state index contributed by atoms with van der Waals surface area (Å²) >= 11 is 0. The second-order valence-electron chi connectivity index (χ2n) is 6.35. The van der Waals surface area contributed by atoms with Gasteiger partial charge in [-0.15, -0.1) is 0 Å². The quantitative estimate of drug-likeness (QED) is 0.915. The lowest BCUT2D eigenvalue weighted by Crippen LogP contribution is -2.42. The van der Waals surface area contributed by atoms with Crippen LogP contribution in [-0.4, -0.2) is 40.0 Å². The van der Waals surface area contributed by atoms with Crippen molar-refractivity contribution in [2.24, 2.45) is 5.92 Å². The minimum absolute atomic E-state index is 0.0369. The van der Waals surface area contributed by atoms with Gasteiger partial charge >= 0.3 is 0 Å². The first-order chi connectivity index (χ1) is 11.6. The van der Waals surface area contributed by atoms with Crippen LogP contribution in [-0.2, 0) is 17.9 Å². The third kappa shape index (κ3) is 3.29. The minimum Gasteiger partial charge on any atom is -0.356 e. The van der Waals surface area contributed by atoms with Crippen molar-refractivity contribution in [1.82, 2.24) is 19.8 Å². The third-order valence-corrected chi connectivity index (χ3v) is 4.72. The minimum atomic E-state index is -0.278. The van der Waals surface area contributed by atoms with E-state index in [1.54, 1.807) is 6.07 Å². The van der Waals surface area contributed by atoms with E-state index in [-0.39, 0.29) is 17.6 Å². The number of benzene rings is 1. The SMILES string of the molecule is CCNC(=O)[C@@H]1CCCN(Cc2nc3c(F)cccc3n2CC)C1. The number of fused-ring (bicyclic) bond motifs is 1. The maximum absolute atomic E-state index is 14.0. The molecule has 0 bridgehead atoms. The van der Waals surface area contributed by atoms with Crippen LogP contribution in [0.5, 0.6) is 0 Å². The number of carbonyl (C=O) groups is 1. The Bertz CT molecular complexity index is 727. The number of nitrogens with zero attached hydrogens (tertiary/aromatic N) is 3. The molecule has 1 aliphatic heterocycles. The zero-order valence-corrected chi connectivity index (χ0v) is 14.4. The van der Waals surface area contributed by atoms with Crippen LogP contribution in [0.15, 0.2) is 18.2 Å². The van der Waals surface area contributed by atoms with Gasteiger partial charge < -0.3 is 9.88 Å². The van der Waals surface area contributed by atoms with Gasteiger partial charge in [0.2, 0.25) is 5.91 Å². The van der Waals surface area contributed by atoms with E-state index in [9.17, 15) is 9.18 Å². The van der Waals surface area contributed by atoms with Gasteiger partial charge in [-0.05, 0) is 45.4 Å². The molecule has 130 valence electrons. The first-order valence-electron chi connectivity index (χ1n) is 8.77. The molecular weight excluding hydrogens is 307 g/mol. The van der Waals surface area contributed by atoms with Crippen molar-refractivity contribution in [2.75, 3.05) is 19.6 Å². The van der Waals surface area contributed by atoms with E-state index in [0.29, 0.717) is 18.6 Å². The average Bonchev–Trinajstić information content (AvgIpc) is 2.94. The second-order valence-corrected chi connectivity index (χ2v) is 6.35. The Hall–Kier alpha value is -1.95. The maximum Gasteiger partial charge on any atom is 0.224 e. The van der Waals surface area contributed by atoms with Crippen LogP contribution in [0.4, 0.5) is 4.39 Å². The monoisotopic (exact) mass is 332 g/mol. The Morgan fingerprint density at radius 3 is 3.00 bits per heavy atom. The number of nitrogens with one attached hydrogen (secondary N) is 1. The molecule has 0 spiro atoms. The standard InChI is InChI=1S/C18H25FN4O/c1-3-20-18(24)13-7-6-10-22(11-13)12-16-21-17-14(19)8-5-9-15(17)23(16)4-2/h5,8-9,13H,3-4,6-7,10-12H2,1-2H3,(H,20,24)/t13-/m1/s1. The van der Waals surface area contributed by atoms with Crippen molar-refractivity contribution in [2.45, 2.75) is 39.8 Å². The Labute approximate surface area is 141 Å². The average molecular weight is 332 g/mol. The van der Waals surface area contributed by atoms with E-state index in [1.807, 2.05) is 19.9 Å². The summed E-state index contributed by atoms with van der Waals surface area (Å²) in [4.78, 5) is 18.9. The molecule has 1 atom stereocenters. The zero-order valence-electron chi connectivity index (χ0n) is 14.4. The molecule has 1 aliphatic rings. The molecule has 0 aliphatic carbocycles. The summed E-state index contributed by atoms with van der Waals surface area (Å²) in [6.07, 6.45) is 1.93. The van der Waals surface area contributed by atoms with Gasteiger partial charge in [-0.2, -0.15) is 0 Å². The molecule has 2 heterocycles. The van der Waals surface area contributed by atoms with Gasteiger partial charge in [-0.25, -0.2) is 9.37 Å². The van der Waals surface area contributed by atoms with Gasteiger partial charge in [0.1, 0.15) is 11.3 Å². The number of imidazole rings is 1. The number of para-hydroxylation sites is 1. The van der Waals surface area contributed by atoms with Crippen molar-refractivity contribution in [3.8, 4) is 0 Å². The molecular formula is C18H25FN4O. The summed E-state index contributed by atoms with van der Waals surface area (Å²) in [5.41, 5.74) is 1.27. The van der Waals surface area contributed by atoms with E-state index < -0.39 is 0 Å². The van der Waals surface area contributed by atoms with E-state index in [1.165, 1.54) is 6.07 Å². The normalized spacial score (nSPS) is 18.9. The highest BCUT2D eigenvalue weighted by atomic mass is 19.1. The fourth-order valence-electron chi connectivity index (χ4n) is 3.57. The van der Waals surface area contributed by atoms with Gasteiger partial charge in [-0.1, -0.05) is 6.07 Å². The highest BCUT2D eigenvalue weighted by molar-refractivity contribution is 5.79. The predicted molar refractivity (Wildman–Crippen MR) is 92.0 cm³/mol. The summed E-state index contributed by atoms with van der Waals surface area (Å²) in [6.45, 7) is 7.74. The number of piperidine rings is 1. The van der Waals surface area contributed by atoms with E-state index in [2.05, 4.69) is 19.8 Å². The molecule has 1 aromatic carbocycles. The van der Waals surface area contributed by atoms with Crippen molar-refractivity contribution in [3.05, 3.63) is 29.8 Å².